The highest BCUT2D eigenvalue weighted by Gasteiger charge is 2.51. The van der Waals surface area contributed by atoms with Gasteiger partial charge < -0.3 is 18.6 Å². The first-order chi connectivity index (χ1) is 38.6. The van der Waals surface area contributed by atoms with Crippen LogP contribution in [0.5, 0.6) is 0 Å². The number of furan rings is 2. The number of hydrogen-bond donors (Lipinski definition) is 0. The molecule has 0 radical (unpaired) electrons. The fraction of sp³-hybridized carbons (Fsp3) is 0.0270. The molecular weight excluding hydrogens is 949 g/mol. The number of benzene rings is 13. The molecule has 1 atom stereocenters. The Morgan fingerprint density at radius 3 is 1.69 bits per heavy atom. The monoisotopic (exact) mass is 994 g/mol. The van der Waals surface area contributed by atoms with Crippen LogP contribution in [0.2, 0.25) is 0 Å². The number of aryl methyl sites for hydroxylation is 1. The van der Waals surface area contributed by atoms with Gasteiger partial charge in [0.25, 0.3) is 0 Å². The van der Waals surface area contributed by atoms with E-state index in [2.05, 4.69) is 272 Å². The Morgan fingerprint density at radius 1 is 0.346 bits per heavy atom. The maximum absolute atomic E-state index is 6.98. The maximum atomic E-state index is 6.98. The molecule has 0 fully saturated rings. The standard InChI is InChI=1S/C74H46N2O2/c1-45-21-5-15-35-62(45)75(64-37-19-32-57-52-28-12-17-39-67(52)77-72(57)64)47-41-42-56-59(43-47)48-24-6-8-30-54(48)70-69-55-31-9-7-27-51(55)66-44-61(69)74(71(56)70,46-22-3-2-4-23-46)60-34-14-10-25-49(60)50-26-11-16-36-63(50)76(66)65-38-20-33-58-53-29-13-18-40-68(53)78-73(58)65/h2-44H,1H3. The third kappa shape index (κ3) is 5.73. The van der Waals surface area contributed by atoms with Crippen molar-refractivity contribution in [3.05, 3.63) is 289 Å². The van der Waals surface area contributed by atoms with Crippen molar-refractivity contribution in [2.24, 2.45) is 0 Å². The topological polar surface area (TPSA) is 32.8 Å². The fourth-order valence-electron chi connectivity index (χ4n) is 14.0. The summed E-state index contributed by atoms with van der Waals surface area (Å²) in [5.74, 6) is 0. The van der Waals surface area contributed by atoms with Crippen molar-refractivity contribution in [2.75, 3.05) is 9.80 Å². The van der Waals surface area contributed by atoms with Gasteiger partial charge in [-0.25, -0.2) is 0 Å². The Balaban J connectivity index is 1.04. The van der Waals surface area contributed by atoms with Crippen molar-refractivity contribution < 1.29 is 8.83 Å². The maximum Gasteiger partial charge on any atom is 0.159 e. The number of nitrogens with zero attached hydrogens (tertiary/aromatic N) is 2. The van der Waals surface area contributed by atoms with Gasteiger partial charge in [0, 0.05) is 43.9 Å². The van der Waals surface area contributed by atoms with Crippen LogP contribution in [0.15, 0.2) is 270 Å². The van der Waals surface area contributed by atoms with Crippen molar-refractivity contribution in [3.8, 4) is 22.3 Å². The van der Waals surface area contributed by atoms with Gasteiger partial charge in [0.05, 0.1) is 28.2 Å². The summed E-state index contributed by atoms with van der Waals surface area (Å²) in [5, 5.41) is 11.6. The van der Waals surface area contributed by atoms with Gasteiger partial charge in [-0.3, -0.25) is 0 Å². The lowest BCUT2D eigenvalue weighted by Crippen LogP contribution is -2.29. The number of anilines is 6. The minimum atomic E-state index is -0.810. The van der Waals surface area contributed by atoms with Crippen molar-refractivity contribution in [3.63, 3.8) is 0 Å². The minimum Gasteiger partial charge on any atom is -0.454 e. The Morgan fingerprint density at radius 2 is 0.910 bits per heavy atom. The second kappa shape index (κ2) is 16.2. The molecule has 364 valence electrons. The molecule has 1 unspecified atom stereocenters. The van der Waals surface area contributed by atoms with E-state index in [1.165, 1.54) is 71.4 Å². The van der Waals surface area contributed by atoms with Gasteiger partial charge in [0.1, 0.15) is 11.2 Å². The zero-order valence-electron chi connectivity index (χ0n) is 42.5. The number of hydrogen-bond acceptors (Lipinski definition) is 4. The molecule has 4 nitrogen and oxygen atoms in total. The molecule has 13 aromatic carbocycles. The van der Waals surface area contributed by atoms with Crippen molar-refractivity contribution >= 4 is 110 Å². The van der Waals surface area contributed by atoms with E-state index < -0.39 is 5.41 Å². The summed E-state index contributed by atoms with van der Waals surface area (Å²) < 4.78 is 13.8. The third-order valence-corrected chi connectivity index (χ3v) is 17.1. The summed E-state index contributed by atoms with van der Waals surface area (Å²) in [7, 11) is 0. The van der Waals surface area contributed by atoms with Gasteiger partial charge >= 0.3 is 0 Å². The normalized spacial score (nSPS) is 14.5. The zero-order chi connectivity index (χ0) is 51.2. The Bertz CT molecular complexity index is 5030. The summed E-state index contributed by atoms with van der Waals surface area (Å²) in [5.41, 5.74) is 19.9. The number of para-hydroxylation sites is 6. The highest BCUT2D eigenvalue weighted by Crippen LogP contribution is 2.66. The van der Waals surface area contributed by atoms with Crippen LogP contribution in [0.3, 0.4) is 0 Å². The number of rotatable bonds is 5. The lowest BCUT2D eigenvalue weighted by molar-refractivity contribution is 0.668. The first-order valence-corrected chi connectivity index (χ1v) is 26.9. The van der Waals surface area contributed by atoms with Crippen LogP contribution in [-0.4, -0.2) is 0 Å². The molecule has 1 aliphatic carbocycles. The van der Waals surface area contributed by atoms with Crippen LogP contribution in [0.4, 0.5) is 34.1 Å². The van der Waals surface area contributed by atoms with Crippen LogP contribution < -0.4 is 9.80 Å². The second-order valence-electron chi connectivity index (χ2n) is 21.0. The predicted octanol–water partition coefficient (Wildman–Crippen LogP) is 20.5. The molecule has 4 heteroatoms. The number of fused-ring (bicyclic) bond motifs is 17. The van der Waals surface area contributed by atoms with E-state index in [1.54, 1.807) is 0 Å². The summed E-state index contributed by atoms with van der Waals surface area (Å²) in [4.78, 5) is 4.90. The first-order valence-electron chi connectivity index (χ1n) is 26.9. The van der Waals surface area contributed by atoms with Gasteiger partial charge in [0.15, 0.2) is 11.2 Å². The molecule has 0 amide bonds. The molecule has 78 heavy (non-hydrogen) atoms. The van der Waals surface area contributed by atoms with Crippen LogP contribution in [-0.2, 0) is 5.41 Å². The molecule has 3 heterocycles. The van der Waals surface area contributed by atoms with E-state index in [4.69, 9.17) is 8.83 Å². The Kier molecular flexibility index (Phi) is 8.94. The van der Waals surface area contributed by atoms with Crippen LogP contribution >= 0.6 is 0 Å². The Hall–Kier alpha value is -10.2. The smallest absolute Gasteiger partial charge is 0.159 e. The van der Waals surface area contributed by atoms with E-state index in [1.807, 2.05) is 6.07 Å². The fourth-order valence-corrected chi connectivity index (χ4v) is 14.0. The molecule has 2 aromatic heterocycles. The summed E-state index contributed by atoms with van der Waals surface area (Å²) in [6, 6.07) is 96.2. The van der Waals surface area contributed by atoms with E-state index in [0.717, 1.165) is 89.0 Å². The van der Waals surface area contributed by atoms with Crippen LogP contribution in [0.1, 0.15) is 27.8 Å². The second-order valence-corrected chi connectivity index (χ2v) is 21.0. The lowest BCUT2D eigenvalue weighted by Gasteiger charge is -2.36. The van der Waals surface area contributed by atoms with Gasteiger partial charge in [-0.1, -0.05) is 206 Å². The summed E-state index contributed by atoms with van der Waals surface area (Å²) in [6.07, 6.45) is 0. The van der Waals surface area contributed by atoms with Crippen molar-refractivity contribution in [1.29, 1.82) is 0 Å². The average Bonchev–Trinajstić information content (AvgIpc) is 4.13. The molecule has 1 aliphatic heterocycles. The van der Waals surface area contributed by atoms with Gasteiger partial charge in [0.2, 0.25) is 0 Å². The molecule has 0 saturated carbocycles. The molecule has 2 aliphatic rings. The van der Waals surface area contributed by atoms with E-state index in [-0.39, 0.29) is 0 Å². The largest absolute Gasteiger partial charge is 0.454 e. The predicted molar refractivity (Wildman–Crippen MR) is 324 cm³/mol. The SMILES string of the molecule is Cc1ccccc1N(c1ccc2c3c(c4ccccc4c2c1)-c1c2cc(c4ccccc14)N(c1cccc4c1oc1ccccc14)c1ccccc1-c1ccccc1C23c1ccccc1)c1cccc2c1oc1ccccc12. The molecule has 4 bridgehead atoms. The lowest BCUT2D eigenvalue weighted by atomic mass is 9.64. The van der Waals surface area contributed by atoms with E-state index >= 15 is 0 Å². The van der Waals surface area contributed by atoms with Crippen LogP contribution in [0, 0.1) is 6.92 Å². The van der Waals surface area contributed by atoms with E-state index in [0.29, 0.717) is 0 Å². The molecule has 0 spiro atoms. The molecular formula is C74H46N2O2. The van der Waals surface area contributed by atoms with Gasteiger partial charge in [-0.2, -0.15) is 0 Å². The van der Waals surface area contributed by atoms with E-state index in [9.17, 15) is 0 Å². The summed E-state index contributed by atoms with van der Waals surface area (Å²) in [6.45, 7) is 2.20. The van der Waals surface area contributed by atoms with Crippen LogP contribution in [0.25, 0.3) is 98.4 Å². The quantitative estimate of drug-likeness (QED) is 0.161. The van der Waals surface area contributed by atoms with Crippen molar-refractivity contribution in [1.82, 2.24) is 0 Å². The molecule has 17 rings (SSSR count). The van der Waals surface area contributed by atoms with Gasteiger partial charge in [-0.05, 0) is 133 Å². The zero-order valence-corrected chi connectivity index (χ0v) is 42.5. The van der Waals surface area contributed by atoms with Crippen molar-refractivity contribution in [2.45, 2.75) is 12.3 Å². The minimum absolute atomic E-state index is 0.810. The molecule has 0 saturated heterocycles. The average molecular weight is 995 g/mol. The molecule has 0 N–H and O–H groups in total. The highest BCUT2D eigenvalue weighted by atomic mass is 16.3. The Labute approximate surface area is 449 Å². The summed E-state index contributed by atoms with van der Waals surface area (Å²) >= 11 is 0. The highest BCUT2D eigenvalue weighted by molar-refractivity contribution is 6.25. The first kappa shape index (κ1) is 43.1. The third-order valence-electron chi connectivity index (χ3n) is 17.1. The molecule has 15 aromatic rings. The van der Waals surface area contributed by atoms with Gasteiger partial charge in [-0.15, -0.1) is 0 Å².